The summed E-state index contributed by atoms with van der Waals surface area (Å²) in [7, 11) is 0. The zero-order chi connectivity index (χ0) is 16.6. The van der Waals surface area contributed by atoms with Crippen LogP contribution in [0.3, 0.4) is 0 Å². The van der Waals surface area contributed by atoms with Gasteiger partial charge in [0, 0.05) is 23.0 Å². The third-order valence-corrected chi connectivity index (χ3v) is 4.15. The molecule has 0 amide bonds. The lowest BCUT2D eigenvalue weighted by atomic mass is 10.4. The monoisotopic (exact) mass is 356 g/mol. The van der Waals surface area contributed by atoms with Gasteiger partial charge in [-0.25, -0.2) is 5.26 Å². The topological polar surface area (TPSA) is 137 Å². The van der Waals surface area contributed by atoms with Gasteiger partial charge < -0.3 is 30.9 Å². The second-order valence-corrected chi connectivity index (χ2v) is 6.32. The fourth-order valence-corrected chi connectivity index (χ4v) is 2.58. The molecule has 0 aliphatic carbocycles. The molecule has 0 aromatic heterocycles. The third kappa shape index (κ3) is 14.3. The van der Waals surface area contributed by atoms with Gasteiger partial charge >= 0.3 is 5.97 Å². The van der Waals surface area contributed by atoms with Crippen molar-refractivity contribution in [3.8, 4) is 0 Å². The Morgan fingerprint density at radius 1 is 1.14 bits per heavy atom. The molecule has 0 saturated carbocycles. The highest BCUT2D eigenvalue weighted by atomic mass is 32.2. The van der Waals surface area contributed by atoms with Crippen molar-refractivity contribution in [1.82, 2.24) is 0 Å². The minimum absolute atomic E-state index is 0.0102. The molecular weight excluding hydrogens is 332 g/mol. The molecule has 1 atom stereocenters. The lowest BCUT2D eigenvalue weighted by molar-refractivity contribution is -0.204. The van der Waals surface area contributed by atoms with E-state index in [1.165, 1.54) is 11.8 Å². The van der Waals surface area contributed by atoms with Crippen LogP contribution < -0.4 is 11.5 Å². The molecule has 8 nitrogen and oxygen atoms in total. The van der Waals surface area contributed by atoms with Gasteiger partial charge in [0.25, 0.3) is 0 Å². The maximum atomic E-state index is 10.5. The summed E-state index contributed by atoms with van der Waals surface area (Å²) in [4.78, 5) is 14.3. The van der Waals surface area contributed by atoms with Crippen LogP contribution in [-0.4, -0.2) is 71.8 Å². The number of ether oxygens (including phenoxy) is 2. The van der Waals surface area contributed by atoms with Crippen molar-refractivity contribution in [2.24, 2.45) is 11.5 Å². The van der Waals surface area contributed by atoms with E-state index in [-0.39, 0.29) is 5.88 Å². The summed E-state index contributed by atoms with van der Waals surface area (Å²) in [5, 5.41) is 16.8. The van der Waals surface area contributed by atoms with E-state index in [4.69, 9.17) is 31.3 Å². The molecule has 0 radical (unpaired) electrons. The van der Waals surface area contributed by atoms with Gasteiger partial charge in [0.1, 0.15) is 6.04 Å². The summed E-state index contributed by atoms with van der Waals surface area (Å²) in [6, 6.07) is -0.819. The molecule has 0 bridgehead atoms. The lowest BCUT2D eigenvalue weighted by Gasteiger charge is -2.07. The second-order valence-electron chi connectivity index (χ2n) is 4.02. The van der Waals surface area contributed by atoms with Gasteiger partial charge in [0.15, 0.2) is 0 Å². The molecule has 0 aliphatic rings. The first-order valence-electron chi connectivity index (χ1n) is 6.64. The smallest absolute Gasteiger partial charge is 0.321 e. The maximum absolute atomic E-state index is 10.5. The SMILES string of the molecule is N/C(=C\CSCCOCCOCCSCC(N)C(=O)O)OO. The Labute approximate surface area is 138 Å². The average molecular weight is 356 g/mol. The van der Waals surface area contributed by atoms with E-state index >= 15 is 0 Å². The van der Waals surface area contributed by atoms with Crippen molar-refractivity contribution in [1.29, 1.82) is 0 Å². The van der Waals surface area contributed by atoms with Gasteiger partial charge in [-0.05, 0) is 6.08 Å². The number of rotatable bonds is 15. The van der Waals surface area contributed by atoms with Crippen LogP contribution >= 0.6 is 23.5 Å². The third-order valence-electron chi connectivity index (χ3n) is 2.24. The first-order chi connectivity index (χ1) is 10.6. The quantitative estimate of drug-likeness (QED) is 0.139. The van der Waals surface area contributed by atoms with E-state index < -0.39 is 12.0 Å². The molecule has 0 spiro atoms. The van der Waals surface area contributed by atoms with E-state index in [0.29, 0.717) is 43.7 Å². The molecule has 0 rings (SSSR count). The number of carbonyl (C=O) groups is 1. The Morgan fingerprint density at radius 2 is 1.73 bits per heavy atom. The van der Waals surface area contributed by atoms with Crippen LogP contribution in [0.1, 0.15) is 0 Å². The highest BCUT2D eigenvalue weighted by Gasteiger charge is 2.10. The maximum Gasteiger partial charge on any atom is 0.321 e. The number of hydrogen-bond donors (Lipinski definition) is 4. The number of carboxylic acids is 1. The van der Waals surface area contributed by atoms with Crippen LogP contribution in [0.25, 0.3) is 0 Å². The number of carboxylic acid groups (broad SMARTS) is 1. The van der Waals surface area contributed by atoms with Crippen LogP contribution in [0, 0.1) is 0 Å². The van der Waals surface area contributed by atoms with Crippen molar-refractivity contribution >= 4 is 29.5 Å². The Kier molecular flexibility index (Phi) is 14.8. The van der Waals surface area contributed by atoms with Crippen molar-refractivity contribution in [3.05, 3.63) is 12.0 Å². The van der Waals surface area contributed by atoms with Crippen LogP contribution in [-0.2, 0) is 19.2 Å². The molecule has 0 saturated heterocycles. The summed E-state index contributed by atoms with van der Waals surface area (Å²) in [6.45, 7) is 2.16. The average Bonchev–Trinajstić information content (AvgIpc) is 2.51. The minimum atomic E-state index is -0.984. The van der Waals surface area contributed by atoms with E-state index in [1.807, 2.05) is 0 Å². The Bertz CT molecular complexity index is 320. The highest BCUT2D eigenvalue weighted by molar-refractivity contribution is 7.99. The number of nitrogens with two attached hydrogens (primary N) is 2. The van der Waals surface area contributed by atoms with Crippen LogP contribution in [0.5, 0.6) is 0 Å². The van der Waals surface area contributed by atoms with Gasteiger partial charge in [-0.3, -0.25) is 4.79 Å². The van der Waals surface area contributed by atoms with E-state index in [2.05, 4.69) is 4.89 Å². The molecule has 0 aliphatic heterocycles. The first kappa shape index (κ1) is 21.4. The zero-order valence-corrected chi connectivity index (χ0v) is 13.9. The van der Waals surface area contributed by atoms with Crippen molar-refractivity contribution in [2.75, 3.05) is 49.4 Å². The molecule has 0 aromatic carbocycles. The largest absolute Gasteiger partial charge is 0.480 e. The Morgan fingerprint density at radius 3 is 2.27 bits per heavy atom. The number of aliphatic carboxylic acids is 1. The molecule has 22 heavy (non-hydrogen) atoms. The summed E-state index contributed by atoms with van der Waals surface area (Å²) in [6.07, 6.45) is 1.57. The van der Waals surface area contributed by atoms with Crippen LogP contribution in [0.2, 0.25) is 0 Å². The van der Waals surface area contributed by atoms with Crippen molar-refractivity contribution < 1.29 is 29.5 Å². The van der Waals surface area contributed by atoms with Gasteiger partial charge in [-0.2, -0.15) is 23.5 Å². The number of hydrogen-bond acceptors (Lipinski definition) is 9. The van der Waals surface area contributed by atoms with Crippen LogP contribution in [0.4, 0.5) is 0 Å². The van der Waals surface area contributed by atoms with Gasteiger partial charge in [0.2, 0.25) is 5.88 Å². The first-order valence-corrected chi connectivity index (χ1v) is 8.95. The molecule has 1 unspecified atom stereocenters. The van der Waals surface area contributed by atoms with Crippen molar-refractivity contribution in [3.63, 3.8) is 0 Å². The van der Waals surface area contributed by atoms with Gasteiger partial charge in [0.05, 0.1) is 26.4 Å². The minimum Gasteiger partial charge on any atom is -0.480 e. The fourth-order valence-electron chi connectivity index (χ4n) is 1.10. The standard InChI is InChI=1S/C12H24N2O6S2/c13-10(12(15)16)9-22-8-5-19-3-2-18-4-7-21-6-1-11(14)20-17/h1,10,17H,2-9,13-14H2,(H,15,16)/b11-1+. The fraction of sp³-hybridized carbons (Fsp3) is 0.750. The molecule has 0 aromatic rings. The Hall–Kier alpha value is -0.650. The molecule has 6 N–H and O–H groups in total. The number of thioether (sulfide) groups is 2. The van der Waals surface area contributed by atoms with E-state index in [1.54, 1.807) is 17.8 Å². The molecule has 10 heteroatoms. The zero-order valence-electron chi connectivity index (χ0n) is 12.3. The summed E-state index contributed by atoms with van der Waals surface area (Å²) in [5.41, 5.74) is 10.6. The van der Waals surface area contributed by atoms with Gasteiger partial charge in [-0.1, -0.05) is 0 Å². The van der Waals surface area contributed by atoms with Gasteiger partial charge in [-0.15, -0.1) is 0 Å². The lowest BCUT2D eigenvalue weighted by Crippen LogP contribution is -2.32. The van der Waals surface area contributed by atoms with E-state index in [9.17, 15) is 4.79 Å². The second kappa shape index (κ2) is 15.3. The normalized spacial score (nSPS) is 13.1. The predicted octanol–water partition coefficient (Wildman–Crippen LogP) is 0.188. The predicted molar refractivity (Wildman–Crippen MR) is 87.9 cm³/mol. The molecular formula is C12H24N2O6S2. The Balaban J connectivity index is 3.16. The van der Waals surface area contributed by atoms with Crippen molar-refractivity contribution in [2.45, 2.75) is 6.04 Å². The van der Waals surface area contributed by atoms with Crippen LogP contribution in [0.15, 0.2) is 12.0 Å². The summed E-state index contributed by atoms with van der Waals surface area (Å²) >= 11 is 3.05. The molecule has 0 fully saturated rings. The molecule has 0 heterocycles. The highest BCUT2D eigenvalue weighted by Crippen LogP contribution is 2.02. The van der Waals surface area contributed by atoms with E-state index in [0.717, 1.165) is 5.75 Å². The summed E-state index contributed by atoms with van der Waals surface area (Å²) < 4.78 is 10.7. The summed E-state index contributed by atoms with van der Waals surface area (Å²) in [5.74, 6) is 1.54. The molecule has 130 valence electrons.